The van der Waals surface area contributed by atoms with E-state index in [1.54, 1.807) is 11.3 Å². The molecule has 1 aliphatic heterocycles. The molecular weight excluding hydrogens is 342 g/mol. The van der Waals surface area contributed by atoms with Crippen LogP contribution in [0.25, 0.3) is 11.3 Å². The van der Waals surface area contributed by atoms with Gasteiger partial charge in [0.05, 0.1) is 29.4 Å². The molecule has 7 heteroatoms. The van der Waals surface area contributed by atoms with E-state index in [0.29, 0.717) is 5.13 Å². The average Bonchev–Trinajstić information content (AvgIpc) is 3.27. The van der Waals surface area contributed by atoms with Crippen LogP contribution in [0.5, 0.6) is 5.75 Å². The number of carbonyl (C=O) groups excluding carboxylic acids is 1. The van der Waals surface area contributed by atoms with Crippen LogP contribution in [0.1, 0.15) is 16.3 Å². The van der Waals surface area contributed by atoms with Gasteiger partial charge in [-0.15, -0.1) is 22.7 Å². The number of amides is 1. The van der Waals surface area contributed by atoms with Gasteiger partial charge < -0.3 is 10.1 Å². The largest absolute Gasteiger partial charge is 0.493 e. The molecule has 24 heavy (non-hydrogen) atoms. The van der Waals surface area contributed by atoms with Crippen LogP contribution in [0.2, 0.25) is 0 Å². The highest BCUT2D eigenvalue weighted by atomic mass is 32.1. The highest BCUT2D eigenvalue weighted by Crippen LogP contribution is 2.31. The molecule has 1 N–H and O–H groups in total. The molecule has 0 spiro atoms. The number of thiazole rings is 2. The van der Waals surface area contributed by atoms with Gasteiger partial charge in [0.15, 0.2) is 5.13 Å². The number of hydrogen-bond acceptors (Lipinski definition) is 6. The zero-order valence-electron chi connectivity index (χ0n) is 13.0. The van der Waals surface area contributed by atoms with Gasteiger partial charge in [-0.25, -0.2) is 9.97 Å². The molecule has 1 aromatic carbocycles. The zero-order chi connectivity index (χ0) is 16.5. The Hall–Kier alpha value is -2.25. The van der Waals surface area contributed by atoms with Crippen LogP contribution in [0.4, 0.5) is 5.13 Å². The first-order valence-corrected chi connectivity index (χ1v) is 9.36. The predicted molar refractivity (Wildman–Crippen MR) is 95.9 cm³/mol. The smallest absolute Gasteiger partial charge is 0.232 e. The number of nitrogens with one attached hydrogen (secondary N) is 1. The van der Waals surface area contributed by atoms with E-state index in [4.69, 9.17) is 4.74 Å². The lowest BCUT2D eigenvalue weighted by Gasteiger charge is -2.02. The molecule has 2 aromatic heterocycles. The maximum atomic E-state index is 12.1. The Labute approximate surface area is 147 Å². The van der Waals surface area contributed by atoms with E-state index in [9.17, 15) is 4.79 Å². The molecule has 1 amide bonds. The van der Waals surface area contributed by atoms with Crippen molar-refractivity contribution in [2.24, 2.45) is 0 Å². The van der Waals surface area contributed by atoms with Crippen molar-refractivity contribution < 1.29 is 9.53 Å². The standard InChI is InChI=1S/C17H15N3O2S2/c1-10-18-13(8-23-10)7-16(21)20-17-19-14(9-24-17)11-2-3-15-12(6-11)4-5-22-15/h2-3,6,8-9H,4-5,7H2,1H3,(H,19,20,21). The van der Waals surface area contributed by atoms with Crippen LogP contribution < -0.4 is 10.1 Å². The highest BCUT2D eigenvalue weighted by Gasteiger charge is 2.15. The van der Waals surface area contributed by atoms with Crippen molar-refractivity contribution in [2.75, 3.05) is 11.9 Å². The van der Waals surface area contributed by atoms with E-state index >= 15 is 0 Å². The molecule has 4 rings (SSSR count). The lowest BCUT2D eigenvalue weighted by Crippen LogP contribution is -2.14. The van der Waals surface area contributed by atoms with Crippen molar-refractivity contribution in [3.8, 4) is 17.0 Å². The third-order valence-electron chi connectivity index (χ3n) is 3.74. The van der Waals surface area contributed by atoms with Crippen LogP contribution in [0, 0.1) is 6.92 Å². The van der Waals surface area contributed by atoms with Crippen LogP contribution in [0.3, 0.4) is 0 Å². The van der Waals surface area contributed by atoms with Gasteiger partial charge in [-0.3, -0.25) is 4.79 Å². The van der Waals surface area contributed by atoms with Crippen molar-refractivity contribution in [1.82, 2.24) is 9.97 Å². The Bertz CT molecular complexity index is 901. The summed E-state index contributed by atoms with van der Waals surface area (Å²) < 4.78 is 5.53. The second kappa shape index (κ2) is 6.33. The van der Waals surface area contributed by atoms with E-state index in [0.717, 1.165) is 40.7 Å². The third-order valence-corrected chi connectivity index (χ3v) is 5.32. The van der Waals surface area contributed by atoms with Crippen LogP contribution >= 0.6 is 22.7 Å². The molecule has 1 aliphatic rings. The van der Waals surface area contributed by atoms with Crippen molar-refractivity contribution in [3.63, 3.8) is 0 Å². The first kappa shape index (κ1) is 15.3. The van der Waals surface area contributed by atoms with Crippen LogP contribution in [0.15, 0.2) is 29.0 Å². The van der Waals surface area contributed by atoms with Crippen molar-refractivity contribution in [1.29, 1.82) is 0 Å². The van der Waals surface area contributed by atoms with E-state index in [1.807, 2.05) is 29.8 Å². The molecule has 0 atom stereocenters. The number of carbonyl (C=O) groups is 1. The van der Waals surface area contributed by atoms with Crippen molar-refractivity contribution in [2.45, 2.75) is 19.8 Å². The Balaban J connectivity index is 1.45. The fourth-order valence-electron chi connectivity index (χ4n) is 2.63. The van der Waals surface area contributed by atoms with Gasteiger partial charge in [0.2, 0.25) is 5.91 Å². The van der Waals surface area contributed by atoms with E-state index in [2.05, 4.69) is 21.4 Å². The fourth-order valence-corrected chi connectivity index (χ4v) is 3.98. The monoisotopic (exact) mass is 357 g/mol. The number of ether oxygens (including phenoxy) is 1. The quantitative estimate of drug-likeness (QED) is 0.773. The Morgan fingerprint density at radius 2 is 2.21 bits per heavy atom. The molecule has 0 unspecified atom stereocenters. The molecule has 0 saturated heterocycles. The molecule has 0 aliphatic carbocycles. The molecular formula is C17H15N3O2S2. The lowest BCUT2D eigenvalue weighted by molar-refractivity contribution is -0.115. The van der Waals surface area contributed by atoms with Gasteiger partial charge in [0.1, 0.15) is 5.75 Å². The van der Waals surface area contributed by atoms with Crippen LogP contribution in [-0.4, -0.2) is 22.5 Å². The summed E-state index contributed by atoms with van der Waals surface area (Å²) in [5, 5.41) is 8.30. The molecule has 3 heterocycles. The normalized spacial score (nSPS) is 12.7. The molecule has 3 aromatic rings. The van der Waals surface area contributed by atoms with E-state index in [1.165, 1.54) is 16.9 Å². The van der Waals surface area contributed by atoms with E-state index in [-0.39, 0.29) is 12.3 Å². The lowest BCUT2D eigenvalue weighted by atomic mass is 10.1. The summed E-state index contributed by atoms with van der Waals surface area (Å²) in [4.78, 5) is 20.9. The summed E-state index contributed by atoms with van der Waals surface area (Å²) >= 11 is 2.98. The topological polar surface area (TPSA) is 64.1 Å². The first-order chi connectivity index (χ1) is 11.7. The maximum absolute atomic E-state index is 12.1. The van der Waals surface area contributed by atoms with Gasteiger partial charge >= 0.3 is 0 Å². The molecule has 0 radical (unpaired) electrons. The van der Waals surface area contributed by atoms with Gasteiger partial charge in [0, 0.05) is 22.7 Å². The second-order valence-electron chi connectivity index (χ2n) is 5.54. The molecule has 0 fully saturated rings. The summed E-state index contributed by atoms with van der Waals surface area (Å²) in [7, 11) is 0. The summed E-state index contributed by atoms with van der Waals surface area (Å²) in [5.74, 6) is 0.865. The van der Waals surface area contributed by atoms with Gasteiger partial charge in [-0.1, -0.05) is 0 Å². The number of benzene rings is 1. The molecule has 0 bridgehead atoms. The fraction of sp³-hybridized carbons (Fsp3) is 0.235. The Morgan fingerprint density at radius 1 is 1.29 bits per heavy atom. The Kier molecular flexibility index (Phi) is 4.03. The number of rotatable bonds is 4. The molecule has 0 saturated carbocycles. The van der Waals surface area contributed by atoms with Crippen molar-refractivity contribution >= 4 is 33.7 Å². The Morgan fingerprint density at radius 3 is 3.04 bits per heavy atom. The number of nitrogens with zero attached hydrogens (tertiary/aromatic N) is 2. The summed E-state index contributed by atoms with van der Waals surface area (Å²) in [6, 6.07) is 6.10. The maximum Gasteiger partial charge on any atom is 0.232 e. The van der Waals surface area contributed by atoms with Crippen molar-refractivity contribution in [3.05, 3.63) is 45.2 Å². The minimum Gasteiger partial charge on any atom is -0.493 e. The number of fused-ring (bicyclic) bond motifs is 1. The first-order valence-electron chi connectivity index (χ1n) is 7.60. The molecule has 5 nitrogen and oxygen atoms in total. The van der Waals surface area contributed by atoms with Gasteiger partial charge in [-0.2, -0.15) is 0 Å². The minimum atomic E-state index is -0.0939. The zero-order valence-corrected chi connectivity index (χ0v) is 14.7. The third kappa shape index (κ3) is 3.18. The number of aromatic nitrogens is 2. The summed E-state index contributed by atoms with van der Waals surface area (Å²) in [5.41, 5.74) is 3.93. The van der Waals surface area contributed by atoms with E-state index < -0.39 is 0 Å². The number of anilines is 1. The van der Waals surface area contributed by atoms with Gasteiger partial charge in [-0.05, 0) is 30.7 Å². The summed E-state index contributed by atoms with van der Waals surface area (Å²) in [6.45, 7) is 2.67. The number of aryl methyl sites for hydroxylation is 1. The second-order valence-corrected chi connectivity index (χ2v) is 7.46. The predicted octanol–water partition coefficient (Wildman–Crippen LogP) is 3.69. The average molecular weight is 357 g/mol. The number of hydrogen-bond donors (Lipinski definition) is 1. The summed E-state index contributed by atoms with van der Waals surface area (Å²) in [6.07, 6.45) is 1.21. The SMILES string of the molecule is Cc1nc(CC(=O)Nc2nc(-c3ccc4c(c3)CCO4)cs2)cs1. The highest BCUT2D eigenvalue weighted by molar-refractivity contribution is 7.14. The van der Waals surface area contributed by atoms with Crippen LogP contribution in [-0.2, 0) is 17.6 Å². The molecule has 122 valence electrons. The minimum absolute atomic E-state index is 0.0939. The van der Waals surface area contributed by atoms with Gasteiger partial charge in [0.25, 0.3) is 0 Å².